The Hall–Kier alpha value is -3.30. The minimum absolute atomic E-state index is 0.0000946. The smallest absolute Gasteiger partial charge is 0.238 e. The molecule has 1 amide bonds. The summed E-state index contributed by atoms with van der Waals surface area (Å²) in [5, 5.41) is 12.2. The summed E-state index contributed by atoms with van der Waals surface area (Å²) in [6, 6.07) is 21.2. The van der Waals surface area contributed by atoms with Crippen LogP contribution in [0, 0.1) is 0 Å². The van der Waals surface area contributed by atoms with Crippen LogP contribution in [0.25, 0.3) is 0 Å². The Balaban J connectivity index is 1.29. The summed E-state index contributed by atoms with van der Waals surface area (Å²) in [6.45, 7) is 0.950. The van der Waals surface area contributed by atoms with E-state index in [0.717, 1.165) is 27.1 Å². The molecule has 0 fully saturated rings. The number of hydrogen-bond acceptors (Lipinski definition) is 8. The van der Waals surface area contributed by atoms with Crippen molar-refractivity contribution in [2.75, 3.05) is 22.6 Å². The number of carbonyl (C=O) groups is 1. The van der Waals surface area contributed by atoms with E-state index in [1.807, 2.05) is 71.6 Å². The standard InChI is InChI=1S/C23H20N4O3S2/c28-21(15-31-23-26-25-22(32-23)24-13-17-9-6-12-29-17)27-18-10-4-5-11-20(18)30-14-19(27)16-7-2-1-3-8-16/h1-12,19H,13-15H2,(H,24,25)/t19-/m1/s1. The van der Waals surface area contributed by atoms with Gasteiger partial charge in [0.2, 0.25) is 11.0 Å². The van der Waals surface area contributed by atoms with E-state index in [4.69, 9.17) is 9.15 Å². The zero-order valence-electron chi connectivity index (χ0n) is 17.0. The van der Waals surface area contributed by atoms with E-state index in [-0.39, 0.29) is 17.7 Å². The molecule has 0 aliphatic carbocycles. The number of rotatable bonds is 7. The van der Waals surface area contributed by atoms with Crippen molar-refractivity contribution in [3.8, 4) is 5.75 Å². The Morgan fingerprint density at radius 1 is 1.09 bits per heavy atom. The van der Waals surface area contributed by atoms with Crippen LogP contribution in [-0.4, -0.2) is 28.5 Å². The zero-order valence-corrected chi connectivity index (χ0v) is 18.6. The summed E-state index contributed by atoms with van der Waals surface area (Å²) in [5.41, 5.74) is 1.83. The van der Waals surface area contributed by atoms with Crippen LogP contribution in [0.15, 0.2) is 81.8 Å². The third-order valence-electron chi connectivity index (χ3n) is 5.01. The number of para-hydroxylation sites is 2. The van der Waals surface area contributed by atoms with E-state index < -0.39 is 0 Å². The van der Waals surface area contributed by atoms with E-state index in [9.17, 15) is 4.79 Å². The van der Waals surface area contributed by atoms with E-state index in [0.29, 0.717) is 18.3 Å². The predicted molar refractivity (Wildman–Crippen MR) is 125 cm³/mol. The first-order valence-electron chi connectivity index (χ1n) is 10.1. The van der Waals surface area contributed by atoms with Gasteiger partial charge in [-0.15, -0.1) is 10.2 Å². The summed E-state index contributed by atoms with van der Waals surface area (Å²) in [7, 11) is 0. The average Bonchev–Trinajstić information content (AvgIpc) is 3.53. The Kier molecular flexibility index (Phi) is 6.09. The number of anilines is 2. The van der Waals surface area contributed by atoms with Crippen LogP contribution in [0.1, 0.15) is 17.4 Å². The number of furan rings is 1. The van der Waals surface area contributed by atoms with Gasteiger partial charge in [-0.3, -0.25) is 9.69 Å². The van der Waals surface area contributed by atoms with Crippen molar-refractivity contribution < 1.29 is 13.9 Å². The molecule has 0 saturated carbocycles. The van der Waals surface area contributed by atoms with E-state index >= 15 is 0 Å². The molecule has 5 rings (SSSR count). The molecule has 1 atom stereocenters. The fraction of sp³-hybridized carbons (Fsp3) is 0.174. The van der Waals surface area contributed by atoms with Crippen molar-refractivity contribution >= 4 is 39.8 Å². The zero-order chi connectivity index (χ0) is 21.8. The van der Waals surface area contributed by atoms with Crippen LogP contribution in [-0.2, 0) is 11.3 Å². The van der Waals surface area contributed by atoms with Crippen molar-refractivity contribution in [2.45, 2.75) is 16.9 Å². The highest BCUT2D eigenvalue weighted by Gasteiger charge is 2.33. The third-order valence-corrected chi connectivity index (χ3v) is 7.00. The molecular formula is C23H20N4O3S2. The summed E-state index contributed by atoms with van der Waals surface area (Å²) >= 11 is 2.81. The van der Waals surface area contributed by atoms with Gasteiger partial charge >= 0.3 is 0 Å². The fourth-order valence-electron chi connectivity index (χ4n) is 3.53. The third kappa shape index (κ3) is 4.49. The highest BCUT2D eigenvalue weighted by molar-refractivity contribution is 8.01. The number of aromatic nitrogens is 2. The van der Waals surface area contributed by atoms with Crippen molar-refractivity contribution in [2.24, 2.45) is 0 Å². The lowest BCUT2D eigenvalue weighted by molar-refractivity contribution is -0.117. The number of ether oxygens (including phenoxy) is 1. The van der Waals surface area contributed by atoms with Crippen LogP contribution < -0.4 is 15.0 Å². The lowest BCUT2D eigenvalue weighted by Gasteiger charge is -2.37. The Bertz CT molecular complexity index is 1180. The first-order valence-corrected chi connectivity index (χ1v) is 11.9. The van der Waals surface area contributed by atoms with Crippen LogP contribution >= 0.6 is 23.1 Å². The number of nitrogens with one attached hydrogen (secondary N) is 1. The van der Waals surface area contributed by atoms with Crippen molar-refractivity contribution in [3.05, 3.63) is 84.3 Å². The van der Waals surface area contributed by atoms with E-state index in [2.05, 4.69) is 15.5 Å². The van der Waals surface area contributed by atoms with Gasteiger partial charge in [0.05, 0.1) is 30.3 Å². The lowest BCUT2D eigenvalue weighted by atomic mass is 10.0. The van der Waals surface area contributed by atoms with Gasteiger partial charge in [0.25, 0.3) is 0 Å². The van der Waals surface area contributed by atoms with Gasteiger partial charge in [-0.1, -0.05) is 65.6 Å². The van der Waals surface area contributed by atoms with Gasteiger partial charge in [-0.05, 0) is 29.8 Å². The molecule has 1 aliphatic heterocycles. The normalized spacial score (nSPS) is 15.1. The quantitative estimate of drug-likeness (QED) is 0.385. The second kappa shape index (κ2) is 9.46. The Labute approximate surface area is 193 Å². The summed E-state index contributed by atoms with van der Waals surface area (Å²) in [6.07, 6.45) is 1.64. The number of amides is 1. The molecular weight excluding hydrogens is 444 g/mol. The molecule has 1 aliphatic rings. The molecule has 0 bridgehead atoms. The molecule has 32 heavy (non-hydrogen) atoms. The molecule has 1 N–H and O–H groups in total. The Morgan fingerprint density at radius 3 is 2.78 bits per heavy atom. The molecule has 0 saturated heterocycles. The molecule has 0 radical (unpaired) electrons. The van der Waals surface area contributed by atoms with Gasteiger partial charge in [0.15, 0.2) is 4.34 Å². The molecule has 0 spiro atoms. The topological polar surface area (TPSA) is 80.5 Å². The number of carbonyl (C=O) groups excluding carboxylic acids is 1. The molecule has 162 valence electrons. The van der Waals surface area contributed by atoms with Gasteiger partial charge in [0.1, 0.15) is 18.1 Å². The molecule has 2 aromatic carbocycles. The maximum Gasteiger partial charge on any atom is 0.238 e. The molecule has 7 nitrogen and oxygen atoms in total. The number of thioether (sulfide) groups is 1. The fourth-order valence-corrected chi connectivity index (χ4v) is 5.13. The minimum Gasteiger partial charge on any atom is -0.489 e. The van der Waals surface area contributed by atoms with Crippen LogP contribution in [0.3, 0.4) is 0 Å². The highest BCUT2D eigenvalue weighted by Crippen LogP contribution is 2.40. The predicted octanol–water partition coefficient (Wildman–Crippen LogP) is 5.00. The van der Waals surface area contributed by atoms with Gasteiger partial charge < -0.3 is 14.5 Å². The van der Waals surface area contributed by atoms with Crippen molar-refractivity contribution in [1.29, 1.82) is 0 Å². The molecule has 9 heteroatoms. The number of nitrogens with zero attached hydrogens (tertiary/aromatic N) is 3. The van der Waals surface area contributed by atoms with Gasteiger partial charge in [0, 0.05) is 0 Å². The maximum atomic E-state index is 13.4. The van der Waals surface area contributed by atoms with Crippen molar-refractivity contribution in [3.63, 3.8) is 0 Å². The molecule has 0 unspecified atom stereocenters. The van der Waals surface area contributed by atoms with Crippen LogP contribution in [0.4, 0.5) is 10.8 Å². The lowest BCUT2D eigenvalue weighted by Crippen LogP contribution is -2.42. The SMILES string of the molecule is O=C(CSc1nnc(NCc2ccco2)s1)N1c2ccccc2OC[C@@H]1c1ccccc1. The first-order chi connectivity index (χ1) is 15.8. The summed E-state index contributed by atoms with van der Waals surface area (Å²) < 4.78 is 12.0. The second-order valence-corrected chi connectivity index (χ2v) is 9.26. The van der Waals surface area contributed by atoms with E-state index in [1.54, 1.807) is 6.26 Å². The summed E-state index contributed by atoms with van der Waals surface area (Å²) in [5.74, 6) is 1.80. The largest absolute Gasteiger partial charge is 0.489 e. The molecule has 2 aromatic heterocycles. The first kappa shape index (κ1) is 20.6. The number of fused-ring (bicyclic) bond motifs is 1. The van der Waals surface area contributed by atoms with E-state index in [1.165, 1.54) is 23.1 Å². The average molecular weight is 465 g/mol. The second-order valence-electron chi connectivity index (χ2n) is 7.06. The van der Waals surface area contributed by atoms with Crippen LogP contribution in [0.5, 0.6) is 5.75 Å². The monoisotopic (exact) mass is 464 g/mol. The van der Waals surface area contributed by atoms with Gasteiger partial charge in [-0.25, -0.2) is 0 Å². The Morgan fingerprint density at radius 2 is 1.94 bits per heavy atom. The molecule has 3 heterocycles. The number of benzene rings is 2. The minimum atomic E-state index is -0.181. The molecule has 4 aromatic rings. The maximum absolute atomic E-state index is 13.4. The van der Waals surface area contributed by atoms with Crippen LogP contribution in [0.2, 0.25) is 0 Å². The summed E-state index contributed by atoms with van der Waals surface area (Å²) in [4.78, 5) is 15.2. The van der Waals surface area contributed by atoms with Gasteiger partial charge in [-0.2, -0.15) is 0 Å². The number of hydrogen-bond donors (Lipinski definition) is 1. The highest BCUT2D eigenvalue weighted by atomic mass is 32.2. The van der Waals surface area contributed by atoms with Crippen molar-refractivity contribution in [1.82, 2.24) is 10.2 Å².